The second-order valence-electron chi connectivity index (χ2n) is 5.43. The minimum absolute atomic E-state index is 0.309. The molecule has 0 radical (unpaired) electrons. The second kappa shape index (κ2) is 8.19. The molecule has 0 atom stereocenters. The van der Waals surface area contributed by atoms with Gasteiger partial charge >= 0.3 is 0 Å². The molecule has 0 saturated heterocycles. The van der Waals surface area contributed by atoms with Gasteiger partial charge in [0, 0.05) is 38.4 Å². The number of nitrogens with zero attached hydrogens (tertiary/aromatic N) is 2. The highest BCUT2D eigenvalue weighted by Gasteiger charge is 2.12. The van der Waals surface area contributed by atoms with E-state index in [1.165, 1.54) is 5.56 Å². The van der Waals surface area contributed by atoms with Crippen LogP contribution >= 0.6 is 0 Å². The normalized spacial score (nSPS) is 13.0. The predicted octanol–water partition coefficient (Wildman–Crippen LogP) is 1.76. The summed E-state index contributed by atoms with van der Waals surface area (Å²) in [5.74, 6) is 2.44. The van der Waals surface area contributed by atoms with Gasteiger partial charge < -0.3 is 20.1 Å². The number of aliphatic imine (C=N–C) groups is 1. The van der Waals surface area contributed by atoms with E-state index in [9.17, 15) is 0 Å². The Hall–Kier alpha value is -2.76. The summed E-state index contributed by atoms with van der Waals surface area (Å²) in [6, 6.07) is 12.0. The first-order chi connectivity index (χ1) is 11.8. The van der Waals surface area contributed by atoms with Crippen molar-refractivity contribution in [2.75, 3.05) is 26.9 Å². The van der Waals surface area contributed by atoms with Crippen molar-refractivity contribution >= 4 is 5.96 Å². The van der Waals surface area contributed by atoms with Gasteiger partial charge in [0.25, 0.3) is 0 Å². The van der Waals surface area contributed by atoms with E-state index in [2.05, 4.69) is 26.7 Å². The van der Waals surface area contributed by atoms with Gasteiger partial charge in [0.05, 0.1) is 0 Å². The van der Waals surface area contributed by atoms with E-state index in [0.717, 1.165) is 49.1 Å². The van der Waals surface area contributed by atoms with Crippen molar-refractivity contribution < 1.29 is 9.47 Å². The molecule has 1 aromatic heterocycles. The van der Waals surface area contributed by atoms with Crippen LogP contribution in [0.2, 0.25) is 0 Å². The molecule has 2 heterocycles. The first-order valence-electron chi connectivity index (χ1n) is 8.08. The van der Waals surface area contributed by atoms with Crippen LogP contribution in [0.25, 0.3) is 0 Å². The maximum atomic E-state index is 5.40. The van der Waals surface area contributed by atoms with Gasteiger partial charge in [-0.2, -0.15) is 0 Å². The molecule has 0 fully saturated rings. The summed E-state index contributed by atoms with van der Waals surface area (Å²) in [5, 5.41) is 6.62. The molecule has 0 bridgehead atoms. The zero-order valence-corrected chi connectivity index (χ0v) is 13.8. The van der Waals surface area contributed by atoms with Crippen LogP contribution in [0.3, 0.4) is 0 Å². The second-order valence-corrected chi connectivity index (χ2v) is 5.43. The van der Waals surface area contributed by atoms with Crippen LogP contribution in [-0.4, -0.2) is 37.9 Å². The molecule has 3 rings (SSSR count). The molecule has 0 unspecified atom stereocenters. The third-order valence-corrected chi connectivity index (χ3v) is 3.77. The fourth-order valence-corrected chi connectivity index (χ4v) is 2.50. The number of ether oxygens (including phenoxy) is 2. The van der Waals surface area contributed by atoms with Gasteiger partial charge in [0.2, 0.25) is 6.79 Å². The van der Waals surface area contributed by atoms with E-state index in [0.29, 0.717) is 6.79 Å². The monoisotopic (exact) mass is 326 g/mol. The minimum atomic E-state index is 0.309. The summed E-state index contributed by atoms with van der Waals surface area (Å²) in [6.45, 7) is 1.90. The van der Waals surface area contributed by atoms with Gasteiger partial charge in [-0.1, -0.05) is 12.1 Å². The van der Waals surface area contributed by atoms with Gasteiger partial charge in [-0.25, -0.2) is 0 Å². The van der Waals surface area contributed by atoms with Crippen LogP contribution in [0.1, 0.15) is 11.3 Å². The third kappa shape index (κ3) is 4.38. The molecule has 0 spiro atoms. The lowest BCUT2D eigenvalue weighted by molar-refractivity contribution is 0.174. The summed E-state index contributed by atoms with van der Waals surface area (Å²) in [6.07, 6.45) is 3.56. The van der Waals surface area contributed by atoms with Crippen molar-refractivity contribution in [2.45, 2.75) is 12.8 Å². The van der Waals surface area contributed by atoms with Crippen molar-refractivity contribution in [3.8, 4) is 11.5 Å². The standard InChI is InChI=1S/C18H22N4O2/c1-19-18(22-11-8-15-4-2-3-9-20-15)21-10-7-14-5-6-16-17(12-14)24-13-23-16/h2-6,9,12H,7-8,10-11,13H2,1H3,(H2,19,21,22). The van der Waals surface area contributed by atoms with Crippen LogP contribution in [-0.2, 0) is 12.8 Å². The molecule has 1 aromatic carbocycles. The highest BCUT2D eigenvalue weighted by Crippen LogP contribution is 2.32. The Labute approximate surface area is 141 Å². The first-order valence-corrected chi connectivity index (χ1v) is 8.08. The number of nitrogens with one attached hydrogen (secondary N) is 2. The molecule has 0 saturated carbocycles. The molecule has 0 aliphatic carbocycles. The number of hydrogen-bond acceptors (Lipinski definition) is 4. The van der Waals surface area contributed by atoms with Crippen LogP contribution in [0.4, 0.5) is 0 Å². The fraction of sp³-hybridized carbons (Fsp3) is 0.333. The zero-order valence-electron chi connectivity index (χ0n) is 13.8. The van der Waals surface area contributed by atoms with Crippen molar-refractivity contribution in [1.82, 2.24) is 15.6 Å². The number of aromatic nitrogens is 1. The Kier molecular flexibility index (Phi) is 5.50. The molecule has 6 heteroatoms. The van der Waals surface area contributed by atoms with Gasteiger partial charge in [-0.05, 0) is 36.2 Å². The lowest BCUT2D eigenvalue weighted by Gasteiger charge is -2.12. The first kappa shape index (κ1) is 16.1. The van der Waals surface area contributed by atoms with E-state index < -0.39 is 0 Å². The average Bonchev–Trinajstić information content (AvgIpc) is 3.09. The van der Waals surface area contributed by atoms with Gasteiger partial charge in [0.1, 0.15) is 0 Å². The largest absolute Gasteiger partial charge is 0.454 e. The predicted molar refractivity (Wildman–Crippen MR) is 93.6 cm³/mol. The van der Waals surface area contributed by atoms with E-state index in [1.807, 2.05) is 36.5 Å². The maximum Gasteiger partial charge on any atom is 0.231 e. The van der Waals surface area contributed by atoms with E-state index in [4.69, 9.17) is 9.47 Å². The highest BCUT2D eigenvalue weighted by atomic mass is 16.7. The minimum Gasteiger partial charge on any atom is -0.454 e. The molecule has 2 N–H and O–H groups in total. The number of rotatable bonds is 6. The highest BCUT2D eigenvalue weighted by molar-refractivity contribution is 5.79. The van der Waals surface area contributed by atoms with E-state index in [-0.39, 0.29) is 0 Å². The fourth-order valence-electron chi connectivity index (χ4n) is 2.50. The molecule has 2 aromatic rings. The SMILES string of the molecule is CN=C(NCCc1ccc2c(c1)OCO2)NCCc1ccccn1. The number of benzene rings is 1. The number of fused-ring (bicyclic) bond motifs is 1. The molecule has 126 valence electrons. The molecule has 0 amide bonds. The Morgan fingerprint density at radius 3 is 2.71 bits per heavy atom. The number of hydrogen-bond donors (Lipinski definition) is 2. The Balaban J connectivity index is 1.40. The molecule has 1 aliphatic heterocycles. The maximum absolute atomic E-state index is 5.40. The van der Waals surface area contributed by atoms with Crippen LogP contribution in [0.15, 0.2) is 47.6 Å². The summed E-state index contributed by atoms with van der Waals surface area (Å²) < 4.78 is 10.7. The van der Waals surface area contributed by atoms with Crippen LogP contribution < -0.4 is 20.1 Å². The van der Waals surface area contributed by atoms with E-state index >= 15 is 0 Å². The Morgan fingerprint density at radius 2 is 1.92 bits per heavy atom. The van der Waals surface area contributed by atoms with Crippen molar-refractivity contribution in [3.63, 3.8) is 0 Å². The molecular formula is C18H22N4O2. The van der Waals surface area contributed by atoms with Gasteiger partial charge in [0.15, 0.2) is 17.5 Å². The summed E-state index contributed by atoms with van der Waals surface area (Å²) >= 11 is 0. The summed E-state index contributed by atoms with van der Waals surface area (Å²) in [4.78, 5) is 8.55. The van der Waals surface area contributed by atoms with E-state index in [1.54, 1.807) is 7.05 Å². The number of pyridine rings is 1. The molecule has 24 heavy (non-hydrogen) atoms. The van der Waals surface area contributed by atoms with Gasteiger partial charge in [-0.3, -0.25) is 9.98 Å². The summed E-state index contributed by atoms with van der Waals surface area (Å²) in [7, 11) is 1.77. The zero-order chi connectivity index (χ0) is 16.6. The Morgan fingerprint density at radius 1 is 1.08 bits per heavy atom. The lowest BCUT2D eigenvalue weighted by Crippen LogP contribution is -2.39. The van der Waals surface area contributed by atoms with Crippen molar-refractivity contribution in [3.05, 3.63) is 53.9 Å². The smallest absolute Gasteiger partial charge is 0.231 e. The molecule has 1 aliphatic rings. The average molecular weight is 326 g/mol. The van der Waals surface area contributed by atoms with Crippen LogP contribution in [0.5, 0.6) is 11.5 Å². The molecule has 6 nitrogen and oxygen atoms in total. The lowest BCUT2D eigenvalue weighted by atomic mass is 10.1. The number of guanidine groups is 1. The third-order valence-electron chi connectivity index (χ3n) is 3.77. The summed E-state index contributed by atoms with van der Waals surface area (Å²) in [5.41, 5.74) is 2.27. The molecular weight excluding hydrogens is 304 g/mol. The van der Waals surface area contributed by atoms with Crippen LogP contribution in [0, 0.1) is 0 Å². The van der Waals surface area contributed by atoms with Crippen molar-refractivity contribution in [1.29, 1.82) is 0 Å². The van der Waals surface area contributed by atoms with Gasteiger partial charge in [-0.15, -0.1) is 0 Å². The Bertz CT molecular complexity index is 689. The quantitative estimate of drug-likeness (QED) is 0.625. The topological polar surface area (TPSA) is 67.8 Å². The van der Waals surface area contributed by atoms with Crippen molar-refractivity contribution in [2.24, 2.45) is 4.99 Å².